The Balaban J connectivity index is 1.73. The zero-order chi connectivity index (χ0) is 27.2. The zero-order valence-corrected chi connectivity index (χ0v) is 20.7. The third kappa shape index (κ3) is 5.36. The Kier molecular flexibility index (Phi) is 7.76. The maximum Gasteiger partial charge on any atom is 0.340 e. The minimum absolute atomic E-state index is 0.0344. The number of esters is 1. The molecule has 3 aromatic heterocycles. The van der Waals surface area contributed by atoms with Crippen LogP contribution in [0.15, 0.2) is 67.0 Å². The number of carbonyl (C=O) groups is 3. The fourth-order valence-electron chi connectivity index (χ4n) is 3.89. The average molecular weight is 517 g/mol. The van der Waals surface area contributed by atoms with Crippen molar-refractivity contribution in [3.63, 3.8) is 0 Å². The van der Waals surface area contributed by atoms with Crippen LogP contribution >= 0.6 is 0 Å². The minimum Gasteiger partial charge on any atom is -0.487 e. The van der Waals surface area contributed by atoms with Gasteiger partial charge in [0.05, 0.1) is 47.1 Å². The van der Waals surface area contributed by atoms with Crippen molar-refractivity contribution in [2.75, 3.05) is 13.2 Å². The van der Waals surface area contributed by atoms with E-state index in [2.05, 4.69) is 10.3 Å². The molecule has 0 aliphatic carbocycles. The van der Waals surface area contributed by atoms with Crippen LogP contribution in [0.4, 0.5) is 5.69 Å². The Hall–Kier alpha value is -5.06. The number of ketones is 1. The van der Waals surface area contributed by atoms with Crippen LogP contribution in [0.2, 0.25) is 0 Å². The molecule has 0 spiro atoms. The number of nitro benzene ring substituents is 1. The van der Waals surface area contributed by atoms with Gasteiger partial charge in [-0.1, -0.05) is 6.07 Å². The second-order valence-electron chi connectivity index (χ2n) is 8.04. The van der Waals surface area contributed by atoms with E-state index >= 15 is 0 Å². The highest BCUT2D eigenvalue weighted by Crippen LogP contribution is 2.30. The third-order valence-electron chi connectivity index (χ3n) is 5.64. The molecule has 1 N–H and O–H groups in total. The van der Waals surface area contributed by atoms with Crippen LogP contribution in [0, 0.1) is 10.1 Å². The van der Waals surface area contributed by atoms with E-state index in [0.29, 0.717) is 5.69 Å². The summed E-state index contributed by atoms with van der Waals surface area (Å²) in [5.74, 6) is -1.59. The van der Waals surface area contributed by atoms with E-state index in [1.54, 1.807) is 32.2 Å². The van der Waals surface area contributed by atoms with Crippen LogP contribution in [-0.4, -0.2) is 45.2 Å². The van der Waals surface area contributed by atoms with Crippen molar-refractivity contribution >= 4 is 28.9 Å². The van der Waals surface area contributed by atoms with Gasteiger partial charge in [-0.2, -0.15) is 0 Å². The van der Waals surface area contributed by atoms with Crippen molar-refractivity contribution in [1.29, 1.82) is 0 Å². The Morgan fingerprint density at radius 2 is 1.84 bits per heavy atom. The number of aromatic nitrogens is 2. The first-order chi connectivity index (χ1) is 18.3. The lowest BCUT2D eigenvalue weighted by molar-refractivity contribution is -0.385. The zero-order valence-electron chi connectivity index (χ0n) is 20.7. The molecule has 0 bridgehead atoms. The van der Waals surface area contributed by atoms with Gasteiger partial charge in [0.2, 0.25) is 5.78 Å². The molecule has 1 amide bonds. The summed E-state index contributed by atoms with van der Waals surface area (Å²) in [5, 5.41) is 14.3. The van der Waals surface area contributed by atoms with E-state index in [1.165, 1.54) is 40.9 Å². The first-order valence-electron chi connectivity index (χ1n) is 11.8. The molecule has 4 aromatic rings. The SMILES string of the molecule is CCOC(=O)c1cc(C(=O)c2ccc(OCC)c([N+](=O)[O-])c2)n2ccc(C(=O)NCc3ccccn3)cc12. The molecular formula is C27H24N4O7. The van der Waals surface area contributed by atoms with Crippen molar-refractivity contribution < 1.29 is 28.8 Å². The number of nitro groups is 1. The number of ether oxygens (including phenoxy) is 2. The number of hydrogen-bond donors (Lipinski definition) is 1. The number of nitrogens with zero attached hydrogens (tertiary/aromatic N) is 3. The summed E-state index contributed by atoms with van der Waals surface area (Å²) in [4.78, 5) is 54.1. The maximum atomic E-state index is 13.5. The van der Waals surface area contributed by atoms with Crippen LogP contribution in [0.5, 0.6) is 5.75 Å². The number of fused-ring (bicyclic) bond motifs is 1. The molecule has 194 valence electrons. The number of carbonyl (C=O) groups excluding carboxylic acids is 3. The van der Waals surface area contributed by atoms with Crippen molar-refractivity contribution in [2.45, 2.75) is 20.4 Å². The van der Waals surface area contributed by atoms with E-state index in [4.69, 9.17) is 9.47 Å². The maximum absolute atomic E-state index is 13.5. The predicted molar refractivity (Wildman–Crippen MR) is 136 cm³/mol. The second-order valence-corrected chi connectivity index (χ2v) is 8.04. The molecule has 38 heavy (non-hydrogen) atoms. The van der Waals surface area contributed by atoms with Crippen molar-refractivity contribution in [3.8, 4) is 5.75 Å². The summed E-state index contributed by atoms with van der Waals surface area (Å²) in [7, 11) is 0. The Bertz CT molecular complexity index is 1530. The molecule has 0 atom stereocenters. The first-order valence-corrected chi connectivity index (χ1v) is 11.8. The van der Waals surface area contributed by atoms with Crippen molar-refractivity contribution in [2.24, 2.45) is 0 Å². The molecule has 0 radical (unpaired) electrons. The molecule has 0 aliphatic rings. The highest BCUT2D eigenvalue weighted by Gasteiger charge is 2.25. The quantitative estimate of drug-likeness (QED) is 0.144. The number of benzene rings is 1. The standard InChI is InChI=1S/C27H24N4O7/c1-3-37-24-9-8-17(13-22(24)31(35)36)25(32)23-15-20(27(34)38-4-2)21-14-18(10-12-30(21)23)26(33)29-16-19-7-5-6-11-28-19/h5-15H,3-4,16H2,1-2H3,(H,29,33). The fraction of sp³-hybridized carbons (Fsp3) is 0.185. The monoisotopic (exact) mass is 516 g/mol. The highest BCUT2D eigenvalue weighted by atomic mass is 16.6. The van der Waals surface area contributed by atoms with Gasteiger partial charge in [0.25, 0.3) is 5.91 Å². The lowest BCUT2D eigenvalue weighted by atomic mass is 10.1. The fourth-order valence-corrected chi connectivity index (χ4v) is 3.89. The van der Waals surface area contributed by atoms with Gasteiger partial charge in [0.15, 0.2) is 5.75 Å². The third-order valence-corrected chi connectivity index (χ3v) is 5.64. The van der Waals surface area contributed by atoms with Gasteiger partial charge in [-0.15, -0.1) is 0 Å². The molecule has 4 rings (SSSR count). The normalized spacial score (nSPS) is 10.7. The summed E-state index contributed by atoms with van der Waals surface area (Å²) in [6.07, 6.45) is 3.11. The van der Waals surface area contributed by atoms with E-state index in [1.807, 2.05) is 6.07 Å². The van der Waals surface area contributed by atoms with Gasteiger partial charge in [-0.3, -0.25) is 24.7 Å². The second kappa shape index (κ2) is 11.3. The predicted octanol–water partition coefficient (Wildman–Crippen LogP) is 3.98. The lowest BCUT2D eigenvalue weighted by Crippen LogP contribution is -2.23. The Morgan fingerprint density at radius 1 is 1.03 bits per heavy atom. The van der Waals surface area contributed by atoms with Gasteiger partial charge >= 0.3 is 11.7 Å². The van der Waals surface area contributed by atoms with Crippen molar-refractivity contribution in [1.82, 2.24) is 14.7 Å². The van der Waals surface area contributed by atoms with Crippen LogP contribution in [0.3, 0.4) is 0 Å². The molecule has 0 saturated carbocycles. The molecule has 0 saturated heterocycles. The van der Waals surface area contributed by atoms with E-state index in [0.717, 1.165) is 6.07 Å². The van der Waals surface area contributed by atoms with Gasteiger partial charge in [-0.25, -0.2) is 4.79 Å². The molecule has 0 unspecified atom stereocenters. The number of pyridine rings is 2. The van der Waals surface area contributed by atoms with Crippen LogP contribution in [0.1, 0.15) is 56.3 Å². The number of nitrogens with one attached hydrogen (secondary N) is 1. The van der Waals surface area contributed by atoms with E-state index in [-0.39, 0.29) is 59.1 Å². The summed E-state index contributed by atoms with van der Waals surface area (Å²) < 4.78 is 11.9. The largest absolute Gasteiger partial charge is 0.487 e. The molecule has 11 nitrogen and oxygen atoms in total. The van der Waals surface area contributed by atoms with Crippen LogP contribution in [0.25, 0.3) is 5.52 Å². The van der Waals surface area contributed by atoms with Crippen molar-refractivity contribution in [3.05, 3.63) is 105 Å². The molecule has 11 heteroatoms. The topological polar surface area (TPSA) is 142 Å². The van der Waals surface area contributed by atoms with E-state index < -0.39 is 22.6 Å². The number of hydrogen-bond acceptors (Lipinski definition) is 8. The summed E-state index contributed by atoms with van der Waals surface area (Å²) in [6.45, 7) is 3.88. The number of rotatable bonds is 10. The van der Waals surface area contributed by atoms with Crippen LogP contribution < -0.4 is 10.1 Å². The smallest absolute Gasteiger partial charge is 0.340 e. The molecule has 0 fully saturated rings. The molecular weight excluding hydrogens is 492 g/mol. The Morgan fingerprint density at radius 3 is 2.53 bits per heavy atom. The summed E-state index contributed by atoms with van der Waals surface area (Å²) >= 11 is 0. The van der Waals surface area contributed by atoms with Gasteiger partial charge < -0.3 is 19.2 Å². The van der Waals surface area contributed by atoms with E-state index in [9.17, 15) is 24.5 Å². The minimum atomic E-state index is -0.673. The van der Waals surface area contributed by atoms with Gasteiger partial charge in [-0.05, 0) is 56.3 Å². The number of amides is 1. The Labute approximate surface area is 217 Å². The highest BCUT2D eigenvalue weighted by molar-refractivity contribution is 6.12. The summed E-state index contributed by atoms with van der Waals surface area (Å²) in [6, 6.07) is 13.6. The van der Waals surface area contributed by atoms with Crippen LogP contribution in [-0.2, 0) is 11.3 Å². The molecule has 0 aliphatic heterocycles. The molecule has 3 heterocycles. The van der Waals surface area contributed by atoms with Gasteiger partial charge in [0.1, 0.15) is 0 Å². The first kappa shape index (κ1) is 26.0. The van der Waals surface area contributed by atoms with Gasteiger partial charge in [0, 0.05) is 29.6 Å². The average Bonchev–Trinajstić information content (AvgIpc) is 3.31. The lowest BCUT2D eigenvalue weighted by Gasteiger charge is -2.08. The molecule has 1 aromatic carbocycles. The summed E-state index contributed by atoms with van der Waals surface area (Å²) in [5.41, 5.74) is 1.04.